The molecule has 0 radical (unpaired) electrons. The Kier molecular flexibility index (Phi) is 5.42. The molecule has 4 nitrogen and oxygen atoms in total. The molecule has 0 aromatic heterocycles. The highest BCUT2D eigenvalue weighted by Crippen LogP contribution is 2.26. The number of rotatable bonds is 5. The van der Waals surface area contributed by atoms with Gasteiger partial charge in [-0.2, -0.15) is 0 Å². The van der Waals surface area contributed by atoms with E-state index in [2.05, 4.69) is 5.32 Å². The molecule has 0 saturated carbocycles. The molecule has 0 fully saturated rings. The predicted molar refractivity (Wildman–Crippen MR) is 87.0 cm³/mol. The topological polar surface area (TPSA) is 55.4 Å². The molecular weight excluding hydrogens is 316 g/mol. The van der Waals surface area contributed by atoms with Gasteiger partial charge in [0.05, 0.1) is 12.8 Å². The maximum Gasteiger partial charge on any atom is 0.221 e. The summed E-state index contributed by atoms with van der Waals surface area (Å²) >= 11 is 0. The first kappa shape index (κ1) is 17.3. The van der Waals surface area contributed by atoms with Crippen LogP contribution in [-0.2, 0) is 4.79 Å². The van der Waals surface area contributed by atoms with Gasteiger partial charge in [-0.05, 0) is 42.5 Å². The molecule has 124 valence electrons. The molecule has 0 heterocycles. The van der Waals surface area contributed by atoms with Crippen LogP contribution in [0.15, 0.2) is 42.5 Å². The number of carbonyl (C=O) groups is 2. The van der Waals surface area contributed by atoms with Crippen molar-refractivity contribution in [1.29, 1.82) is 0 Å². The number of anilines is 1. The highest BCUT2D eigenvalue weighted by atomic mass is 19.1. The van der Waals surface area contributed by atoms with Crippen LogP contribution < -0.4 is 10.1 Å². The first-order valence-corrected chi connectivity index (χ1v) is 7.04. The van der Waals surface area contributed by atoms with Crippen molar-refractivity contribution in [3.63, 3.8) is 0 Å². The van der Waals surface area contributed by atoms with Crippen molar-refractivity contribution >= 4 is 23.5 Å². The smallest absolute Gasteiger partial charge is 0.221 e. The van der Waals surface area contributed by atoms with Gasteiger partial charge < -0.3 is 10.1 Å². The van der Waals surface area contributed by atoms with Crippen molar-refractivity contribution in [3.8, 4) is 5.75 Å². The second kappa shape index (κ2) is 7.50. The van der Waals surface area contributed by atoms with Crippen LogP contribution in [0, 0.1) is 11.6 Å². The lowest BCUT2D eigenvalue weighted by Gasteiger charge is -2.09. The third kappa shape index (κ3) is 4.04. The van der Waals surface area contributed by atoms with E-state index in [1.165, 1.54) is 38.3 Å². The minimum Gasteiger partial charge on any atom is -0.495 e. The van der Waals surface area contributed by atoms with Gasteiger partial charge in [0.2, 0.25) is 5.91 Å². The van der Waals surface area contributed by atoms with Crippen LogP contribution >= 0.6 is 0 Å². The molecule has 1 amide bonds. The molecule has 0 atom stereocenters. The summed E-state index contributed by atoms with van der Waals surface area (Å²) < 4.78 is 32.2. The number of nitrogens with one attached hydrogen (secondary N) is 1. The number of ether oxygens (including phenoxy) is 1. The summed E-state index contributed by atoms with van der Waals surface area (Å²) in [7, 11) is 1.43. The fraction of sp³-hybridized carbons (Fsp3) is 0.111. The highest BCUT2D eigenvalue weighted by molar-refractivity contribution is 6.08. The molecule has 0 aliphatic carbocycles. The van der Waals surface area contributed by atoms with Crippen molar-refractivity contribution in [2.45, 2.75) is 6.92 Å². The van der Waals surface area contributed by atoms with E-state index >= 15 is 0 Å². The zero-order chi connectivity index (χ0) is 17.7. The number of carbonyl (C=O) groups excluding carboxylic acids is 2. The maximum atomic E-state index is 13.5. The van der Waals surface area contributed by atoms with Crippen molar-refractivity contribution in [2.24, 2.45) is 0 Å². The molecule has 0 unspecified atom stereocenters. The minimum absolute atomic E-state index is 0.243. The number of ketones is 1. The lowest BCUT2D eigenvalue weighted by atomic mass is 10.1. The molecule has 24 heavy (non-hydrogen) atoms. The summed E-state index contributed by atoms with van der Waals surface area (Å²) in [6.45, 7) is 1.33. The third-order valence-corrected chi connectivity index (χ3v) is 3.20. The average molecular weight is 331 g/mol. The number of halogens is 2. The van der Waals surface area contributed by atoms with E-state index < -0.39 is 17.4 Å². The van der Waals surface area contributed by atoms with Gasteiger partial charge in [0.15, 0.2) is 5.78 Å². The standard InChI is InChI=1S/C18H15F2NO3/c1-11(22)21-16-10-12(6-9-18(16)24-2)17(23)8-7-13-14(19)4-3-5-15(13)20/h3-10H,1-2H3,(H,21,22). The Hall–Kier alpha value is -3.02. The van der Waals surface area contributed by atoms with Gasteiger partial charge in [-0.3, -0.25) is 9.59 Å². The fourth-order valence-corrected chi connectivity index (χ4v) is 2.07. The Morgan fingerprint density at radius 3 is 2.38 bits per heavy atom. The number of amides is 1. The second-order valence-electron chi connectivity index (χ2n) is 4.93. The number of allylic oxidation sites excluding steroid dienone is 1. The molecule has 6 heteroatoms. The van der Waals surface area contributed by atoms with E-state index in [1.807, 2.05) is 0 Å². The normalized spacial score (nSPS) is 10.7. The largest absolute Gasteiger partial charge is 0.495 e. The Labute approximate surface area is 137 Å². The van der Waals surface area contributed by atoms with Gasteiger partial charge in [-0.1, -0.05) is 6.07 Å². The molecule has 1 N–H and O–H groups in total. The number of methoxy groups -OCH3 is 1. The first-order valence-electron chi connectivity index (χ1n) is 7.04. The molecule has 2 rings (SSSR count). The van der Waals surface area contributed by atoms with Gasteiger partial charge in [0.25, 0.3) is 0 Å². The highest BCUT2D eigenvalue weighted by Gasteiger charge is 2.10. The molecule has 0 aliphatic heterocycles. The van der Waals surface area contributed by atoms with Crippen molar-refractivity contribution in [2.75, 3.05) is 12.4 Å². The lowest BCUT2D eigenvalue weighted by molar-refractivity contribution is -0.114. The quantitative estimate of drug-likeness (QED) is 0.669. The SMILES string of the molecule is COc1ccc(C(=O)C=Cc2c(F)cccc2F)cc1NC(C)=O. The lowest BCUT2D eigenvalue weighted by Crippen LogP contribution is -2.08. The van der Waals surface area contributed by atoms with Gasteiger partial charge in [-0.15, -0.1) is 0 Å². The van der Waals surface area contributed by atoms with Crippen LogP contribution in [-0.4, -0.2) is 18.8 Å². The van der Waals surface area contributed by atoms with E-state index in [0.29, 0.717) is 11.4 Å². The predicted octanol–water partition coefficient (Wildman–Crippen LogP) is 3.83. The molecule has 0 aliphatic rings. The first-order chi connectivity index (χ1) is 11.4. The fourth-order valence-electron chi connectivity index (χ4n) is 2.07. The van der Waals surface area contributed by atoms with E-state index in [4.69, 9.17) is 4.74 Å². The van der Waals surface area contributed by atoms with Crippen LogP contribution in [0.3, 0.4) is 0 Å². The summed E-state index contributed by atoms with van der Waals surface area (Å²) in [6, 6.07) is 7.91. The summed E-state index contributed by atoms with van der Waals surface area (Å²) in [5, 5.41) is 2.55. The molecule has 0 spiro atoms. The van der Waals surface area contributed by atoms with E-state index in [1.54, 1.807) is 0 Å². The van der Waals surface area contributed by atoms with E-state index in [0.717, 1.165) is 24.3 Å². The monoisotopic (exact) mass is 331 g/mol. The molecular formula is C18H15F2NO3. The average Bonchev–Trinajstić information content (AvgIpc) is 2.53. The van der Waals surface area contributed by atoms with E-state index in [9.17, 15) is 18.4 Å². The van der Waals surface area contributed by atoms with Crippen LogP contribution in [0.1, 0.15) is 22.8 Å². The molecule has 2 aromatic carbocycles. The van der Waals surface area contributed by atoms with Crippen molar-refractivity contribution < 1.29 is 23.1 Å². The summed E-state index contributed by atoms with van der Waals surface area (Å²) in [5.74, 6) is -1.90. The number of hydrogen-bond acceptors (Lipinski definition) is 3. The zero-order valence-electron chi connectivity index (χ0n) is 13.1. The Morgan fingerprint density at radius 2 is 1.79 bits per heavy atom. The van der Waals surface area contributed by atoms with Gasteiger partial charge in [0, 0.05) is 18.1 Å². The molecule has 0 bridgehead atoms. The zero-order valence-corrected chi connectivity index (χ0v) is 13.1. The van der Waals surface area contributed by atoms with Crippen LogP contribution in [0.25, 0.3) is 6.08 Å². The van der Waals surface area contributed by atoms with E-state index in [-0.39, 0.29) is 17.0 Å². The van der Waals surface area contributed by atoms with Crippen LogP contribution in [0.5, 0.6) is 5.75 Å². The maximum absolute atomic E-state index is 13.5. The number of hydrogen-bond donors (Lipinski definition) is 1. The second-order valence-corrected chi connectivity index (χ2v) is 4.93. The summed E-state index contributed by atoms with van der Waals surface area (Å²) in [6.07, 6.45) is 2.15. The summed E-state index contributed by atoms with van der Waals surface area (Å²) in [5.41, 5.74) is 0.287. The molecule has 0 saturated heterocycles. The molecule has 2 aromatic rings. The van der Waals surface area contributed by atoms with Crippen LogP contribution in [0.2, 0.25) is 0 Å². The Balaban J connectivity index is 2.29. The van der Waals surface area contributed by atoms with Gasteiger partial charge >= 0.3 is 0 Å². The van der Waals surface area contributed by atoms with Crippen molar-refractivity contribution in [1.82, 2.24) is 0 Å². The van der Waals surface area contributed by atoms with Gasteiger partial charge in [-0.25, -0.2) is 8.78 Å². The third-order valence-electron chi connectivity index (χ3n) is 3.20. The summed E-state index contributed by atoms with van der Waals surface area (Å²) in [4.78, 5) is 23.4. The number of benzene rings is 2. The van der Waals surface area contributed by atoms with Crippen LogP contribution in [0.4, 0.5) is 14.5 Å². The Morgan fingerprint density at radius 1 is 1.12 bits per heavy atom. The van der Waals surface area contributed by atoms with Gasteiger partial charge in [0.1, 0.15) is 17.4 Å². The Bertz CT molecular complexity index is 796. The minimum atomic E-state index is -0.757. The van der Waals surface area contributed by atoms with Crippen molar-refractivity contribution in [3.05, 3.63) is 65.2 Å².